The van der Waals surface area contributed by atoms with Crippen LogP contribution in [0.15, 0.2) is 77.4 Å². The minimum absolute atomic E-state index is 0.115. The van der Waals surface area contributed by atoms with Crippen LogP contribution in [0.3, 0.4) is 0 Å². The molecule has 2 aliphatic rings. The van der Waals surface area contributed by atoms with Crippen molar-refractivity contribution < 1.29 is 19.1 Å². The Morgan fingerprint density at radius 1 is 1.08 bits per heavy atom. The smallest absolute Gasteiger partial charge is 0.283 e. The van der Waals surface area contributed by atoms with E-state index in [4.69, 9.17) is 9.47 Å². The first kappa shape index (κ1) is 23.7. The molecule has 0 aromatic heterocycles. The monoisotopic (exact) mass is 499 g/mol. The summed E-state index contributed by atoms with van der Waals surface area (Å²) in [5.41, 5.74) is 4.71. The minimum atomic E-state index is -0.254. The molecule has 0 spiro atoms. The van der Waals surface area contributed by atoms with Crippen LogP contribution in [0.4, 0.5) is 11.4 Å². The Bertz CT molecular complexity index is 1380. The van der Waals surface area contributed by atoms with Crippen LogP contribution in [0.2, 0.25) is 0 Å². The fourth-order valence-corrected chi connectivity index (χ4v) is 4.76. The van der Waals surface area contributed by atoms with Gasteiger partial charge >= 0.3 is 0 Å². The third-order valence-electron chi connectivity index (χ3n) is 5.83. The van der Waals surface area contributed by atoms with Crippen molar-refractivity contribution in [2.24, 2.45) is 4.99 Å². The molecule has 1 N–H and O–H groups in total. The summed E-state index contributed by atoms with van der Waals surface area (Å²) in [5.74, 6) is 1.01. The summed E-state index contributed by atoms with van der Waals surface area (Å²) >= 11 is 1.23. The highest BCUT2D eigenvalue weighted by molar-refractivity contribution is 8.14. The van der Waals surface area contributed by atoms with Gasteiger partial charge in [-0.15, -0.1) is 0 Å². The molecular formula is C28H25N3O4S. The molecule has 0 bridgehead atoms. The van der Waals surface area contributed by atoms with E-state index in [0.29, 0.717) is 22.4 Å². The van der Waals surface area contributed by atoms with E-state index in [0.717, 1.165) is 28.8 Å². The lowest BCUT2D eigenvalue weighted by Gasteiger charge is -2.18. The van der Waals surface area contributed by atoms with Crippen molar-refractivity contribution in [1.82, 2.24) is 0 Å². The average Bonchev–Trinajstić information content (AvgIpc) is 3.47. The molecule has 3 aromatic carbocycles. The van der Waals surface area contributed by atoms with Crippen LogP contribution in [-0.4, -0.2) is 29.5 Å². The Morgan fingerprint density at radius 2 is 1.86 bits per heavy atom. The van der Waals surface area contributed by atoms with Crippen LogP contribution in [0.25, 0.3) is 6.08 Å². The maximum absolute atomic E-state index is 13.4. The molecule has 7 nitrogen and oxygen atoms in total. The zero-order valence-electron chi connectivity index (χ0n) is 20.0. The summed E-state index contributed by atoms with van der Waals surface area (Å²) in [4.78, 5) is 32.4. The number of thioether (sulfide) groups is 1. The second kappa shape index (κ2) is 10.3. The highest BCUT2D eigenvalue weighted by atomic mass is 32.2. The van der Waals surface area contributed by atoms with Crippen molar-refractivity contribution in [3.8, 4) is 11.5 Å². The summed E-state index contributed by atoms with van der Waals surface area (Å²) < 4.78 is 10.8. The molecule has 0 saturated heterocycles. The summed E-state index contributed by atoms with van der Waals surface area (Å²) in [6, 6.07) is 20.9. The predicted molar refractivity (Wildman–Crippen MR) is 144 cm³/mol. The second-order valence-corrected chi connectivity index (χ2v) is 9.30. The number of aryl methyl sites for hydroxylation is 2. The number of nitrogens with one attached hydrogen (secondary N) is 1. The van der Waals surface area contributed by atoms with Gasteiger partial charge in [-0.2, -0.15) is 0 Å². The lowest BCUT2D eigenvalue weighted by atomic mass is 10.1. The molecule has 36 heavy (non-hydrogen) atoms. The normalized spacial score (nSPS) is 15.4. The number of aliphatic imine (C=N–C) groups is 1. The molecule has 182 valence electrons. The van der Waals surface area contributed by atoms with Crippen LogP contribution in [-0.2, 0) is 16.0 Å². The zero-order chi connectivity index (χ0) is 25.1. The van der Waals surface area contributed by atoms with Gasteiger partial charge in [-0.05, 0) is 60.9 Å². The number of hydrogen-bond donors (Lipinski definition) is 1. The number of amides is 2. The lowest BCUT2D eigenvalue weighted by Crippen LogP contribution is -2.31. The maximum atomic E-state index is 13.4. The Hall–Kier alpha value is -4.04. The number of rotatable bonds is 6. The number of anilines is 2. The molecule has 0 radical (unpaired) electrons. The Balaban J connectivity index is 1.39. The van der Waals surface area contributed by atoms with Gasteiger partial charge in [0.05, 0.1) is 11.4 Å². The molecule has 2 amide bonds. The van der Waals surface area contributed by atoms with E-state index < -0.39 is 0 Å². The first-order chi connectivity index (χ1) is 17.5. The number of fused-ring (bicyclic) bond motifs is 1. The van der Waals surface area contributed by atoms with Gasteiger partial charge in [0.15, 0.2) is 16.7 Å². The second-order valence-electron chi connectivity index (χ2n) is 8.36. The van der Waals surface area contributed by atoms with Gasteiger partial charge in [-0.1, -0.05) is 60.6 Å². The number of benzene rings is 3. The summed E-state index contributed by atoms with van der Waals surface area (Å²) in [7, 11) is 0. The standard InChI is InChI=1S/C28H25N3O4S/c1-3-20-6-4-5-7-22(20)29-26(32)16-36-28-30-23(14-19-10-13-24-25(15-19)35-17-34-24)27(33)31(28)21-11-8-18(2)9-12-21/h4-15H,3,16-17H2,1-2H3,(H,29,32)/b23-14-. The van der Waals surface area contributed by atoms with Crippen LogP contribution in [0, 0.1) is 6.92 Å². The predicted octanol–water partition coefficient (Wildman–Crippen LogP) is 5.40. The topological polar surface area (TPSA) is 80.2 Å². The van der Waals surface area contributed by atoms with Crippen molar-refractivity contribution in [2.45, 2.75) is 20.3 Å². The largest absolute Gasteiger partial charge is 0.454 e. The van der Waals surface area contributed by atoms with E-state index in [-0.39, 0.29) is 30.1 Å². The van der Waals surface area contributed by atoms with Gasteiger partial charge in [-0.3, -0.25) is 14.5 Å². The molecule has 0 aliphatic carbocycles. The van der Waals surface area contributed by atoms with Crippen LogP contribution in [0.1, 0.15) is 23.6 Å². The molecule has 5 rings (SSSR count). The summed E-state index contributed by atoms with van der Waals surface area (Å²) in [6.45, 7) is 4.22. The molecule has 0 fully saturated rings. The minimum Gasteiger partial charge on any atom is -0.454 e. The van der Waals surface area contributed by atoms with E-state index in [1.807, 2.05) is 80.6 Å². The molecule has 0 unspecified atom stereocenters. The van der Waals surface area contributed by atoms with Crippen molar-refractivity contribution >= 4 is 46.2 Å². The molecule has 2 aliphatic heterocycles. The molecule has 0 saturated carbocycles. The Kier molecular flexibility index (Phi) is 6.77. The third-order valence-corrected chi connectivity index (χ3v) is 6.77. The molecule has 2 heterocycles. The number of para-hydroxylation sites is 1. The molecular weight excluding hydrogens is 474 g/mol. The van der Waals surface area contributed by atoms with E-state index in [2.05, 4.69) is 10.3 Å². The van der Waals surface area contributed by atoms with Crippen molar-refractivity contribution in [2.75, 3.05) is 22.8 Å². The first-order valence-corrected chi connectivity index (χ1v) is 12.6. The van der Waals surface area contributed by atoms with Gasteiger partial charge in [0, 0.05) is 5.69 Å². The van der Waals surface area contributed by atoms with Crippen molar-refractivity contribution in [1.29, 1.82) is 0 Å². The third kappa shape index (κ3) is 4.99. The Morgan fingerprint density at radius 3 is 2.67 bits per heavy atom. The number of carbonyl (C=O) groups excluding carboxylic acids is 2. The van der Waals surface area contributed by atoms with Gasteiger partial charge in [0.1, 0.15) is 5.70 Å². The summed E-state index contributed by atoms with van der Waals surface area (Å²) in [6.07, 6.45) is 2.54. The van der Waals surface area contributed by atoms with E-state index >= 15 is 0 Å². The van der Waals surface area contributed by atoms with Gasteiger partial charge in [0.2, 0.25) is 12.7 Å². The number of ether oxygens (including phenoxy) is 2. The Labute approximate surface area is 213 Å². The number of amidine groups is 1. The zero-order valence-corrected chi connectivity index (χ0v) is 20.8. The van der Waals surface area contributed by atoms with Gasteiger partial charge in [-0.25, -0.2) is 4.99 Å². The molecule has 0 atom stereocenters. The SMILES string of the molecule is CCc1ccccc1NC(=O)CSC1=N/C(=C\c2ccc3c(c2)OCO3)C(=O)N1c1ccc(C)cc1. The van der Waals surface area contributed by atoms with Gasteiger partial charge < -0.3 is 14.8 Å². The van der Waals surface area contributed by atoms with Gasteiger partial charge in [0.25, 0.3) is 5.91 Å². The van der Waals surface area contributed by atoms with Crippen molar-refractivity contribution in [3.05, 3.63) is 89.1 Å². The van der Waals surface area contributed by atoms with Crippen LogP contribution >= 0.6 is 11.8 Å². The fraction of sp³-hybridized carbons (Fsp3) is 0.179. The van der Waals surface area contributed by atoms with E-state index in [9.17, 15) is 9.59 Å². The first-order valence-electron chi connectivity index (χ1n) is 11.6. The highest BCUT2D eigenvalue weighted by Gasteiger charge is 2.32. The molecule has 3 aromatic rings. The highest BCUT2D eigenvalue weighted by Crippen LogP contribution is 2.34. The number of nitrogens with zero attached hydrogens (tertiary/aromatic N) is 2. The fourth-order valence-electron chi connectivity index (χ4n) is 3.94. The quantitative estimate of drug-likeness (QED) is 0.459. The van der Waals surface area contributed by atoms with Crippen molar-refractivity contribution in [3.63, 3.8) is 0 Å². The number of hydrogen-bond acceptors (Lipinski definition) is 6. The van der Waals surface area contributed by atoms with E-state index in [1.165, 1.54) is 11.8 Å². The summed E-state index contributed by atoms with van der Waals surface area (Å²) in [5, 5.41) is 3.43. The van der Waals surface area contributed by atoms with Crippen LogP contribution in [0.5, 0.6) is 11.5 Å². The average molecular weight is 500 g/mol. The maximum Gasteiger partial charge on any atom is 0.283 e. The van der Waals surface area contributed by atoms with Crippen LogP contribution < -0.4 is 19.7 Å². The molecule has 8 heteroatoms. The number of carbonyl (C=O) groups is 2. The van der Waals surface area contributed by atoms with E-state index in [1.54, 1.807) is 11.0 Å². The lowest BCUT2D eigenvalue weighted by molar-refractivity contribution is -0.114.